The summed E-state index contributed by atoms with van der Waals surface area (Å²) < 4.78 is 4.70. The number of hydrogen-bond donors (Lipinski definition) is 1. The van der Waals surface area contributed by atoms with E-state index >= 15 is 0 Å². The van der Waals surface area contributed by atoms with Crippen molar-refractivity contribution in [2.24, 2.45) is 0 Å². The molecule has 96 valence electrons. The van der Waals surface area contributed by atoms with Crippen molar-refractivity contribution in [2.45, 2.75) is 40.0 Å². The molecule has 5 heteroatoms. The average Bonchev–Trinajstić information content (AvgIpc) is 2.13. The molecule has 16 heavy (non-hydrogen) atoms. The van der Waals surface area contributed by atoms with Crippen LogP contribution >= 0.6 is 0 Å². The third kappa shape index (κ3) is 22.9. The first-order valence-corrected chi connectivity index (χ1v) is 4.94. The Balaban J connectivity index is -0.000000214. The average molecular weight is 236 g/mol. The van der Waals surface area contributed by atoms with E-state index in [0.717, 1.165) is 12.8 Å². The summed E-state index contributed by atoms with van der Waals surface area (Å²) in [4.78, 5) is 19.8. The van der Waals surface area contributed by atoms with Crippen LogP contribution in [0.5, 0.6) is 0 Å². The van der Waals surface area contributed by atoms with Crippen LogP contribution in [-0.2, 0) is 14.3 Å². The maximum Gasteiger partial charge on any atom is 0.330 e. The minimum absolute atomic E-state index is 0. The molecule has 0 aliphatic rings. The molecule has 0 aromatic carbocycles. The second kappa shape index (κ2) is 13.6. The van der Waals surface area contributed by atoms with Crippen molar-refractivity contribution >= 4 is 11.9 Å². The molecule has 0 radical (unpaired) electrons. The highest BCUT2D eigenvalue weighted by Gasteiger charge is 1.90. The monoisotopic (exact) mass is 236 g/mol. The molecule has 0 bridgehead atoms. The van der Waals surface area contributed by atoms with Gasteiger partial charge in [0.1, 0.15) is 0 Å². The summed E-state index contributed by atoms with van der Waals surface area (Å²) in [5.41, 5.74) is 0.176. The summed E-state index contributed by atoms with van der Waals surface area (Å²) in [7, 11) is 0. The number of rotatable bonds is 5. The van der Waals surface area contributed by atoms with Gasteiger partial charge in [0.2, 0.25) is 0 Å². The Labute approximate surface area is 95.7 Å². The summed E-state index contributed by atoms with van der Waals surface area (Å²) in [6.45, 7) is 8.74. The van der Waals surface area contributed by atoms with Gasteiger partial charge in [-0.1, -0.05) is 26.3 Å². The largest absolute Gasteiger partial charge is 0.478 e. The molecule has 0 unspecified atom stereocenters. The van der Waals surface area contributed by atoms with Crippen molar-refractivity contribution in [3.05, 3.63) is 12.2 Å². The van der Waals surface area contributed by atoms with Gasteiger partial charge in [-0.25, -0.2) is 4.79 Å². The lowest BCUT2D eigenvalue weighted by Crippen LogP contribution is -1.99. The first-order chi connectivity index (χ1) is 6.91. The predicted molar refractivity (Wildman–Crippen MR) is 61.1 cm³/mol. The quantitative estimate of drug-likeness (QED) is 0.452. The Bertz CT molecular complexity index is 202. The van der Waals surface area contributed by atoms with Crippen molar-refractivity contribution in [3.8, 4) is 0 Å². The van der Waals surface area contributed by atoms with Gasteiger partial charge in [-0.2, -0.15) is 0 Å². The van der Waals surface area contributed by atoms with E-state index in [4.69, 9.17) is 9.84 Å². The number of carbonyl (C=O) groups excluding carboxylic acids is 1. The number of aliphatic carboxylic acids is 1. The molecule has 0 spiro atoms. The highest BCUT2D eigenvalue weighted by atomic mass is 19.0. The number of carboxylic acids is 1. The number of hydrogen-bond acceptors (Lipinski definition) is 3. The van der Waals surface area contributed by atoms with Gasteiger partial charge in [0.15, 0.2) is 0 Å². The van der Waals surface area contributed by atoms with Crippen LogP contribution in [-0.4, -0.2) is 23.7 Å². The van der Waals surface area contributed by atoms with Crippen LogP contribution in [0.25, 0.3) is 0 Å². The third-order valence-corrected chi connectivity index (χ3v) is 1.42. The molecular weight excluding hydrogens is 215 g/mol. The predicted octanol–water partition coefficient (Wildman–Crippen LogP) is 2.54. The van der Waals surface area contributed by atoms with Gasteiger partial charge >= 0.3 is 11.9 Å². The van der Waals surface area contributed by atoms with Crippen LogP contribution < -0.4 is 0 Å². The van der Waals surface area contributed by atoms with Crippen LogP contribution in [0.4, 0.5) is 4.70 Å². The lowest BCUT2D eigenvalue weighted by molar-refractivity contribution is -0.141. The van der Waals surface area contributed by atoms with E-state index in [1.165, 1.54) is 20.3 Å². The lowest BCUT2D eigenvalue weighted by Gasteiger charge is -1.98. The molecule has 0 saturated heterocycles. The second-order valence-corrected chi connectivity index (χ2v) is 3.13. The van der Waals surface area contributed by atoms with E-state index in [-0.39, 0.29) is 16.2 Å². The maximum atomic E-state index is 10.2. The SMILES string of the molecule is C=C(C)C(=O)O.CCCCCOC(C)=O.F. The number of unbranched alkanes of at least 4 members (excludes halogenated alkanes) is 2. The molecule has 4 nitrogen and oxygen atoms in total. The smallest absolute Gasteiger partial charge is 0.330 e. The molecule has 0 aliphatic carbocycles. The van der Waals surface area contributed by atoms with E-state index in [9.17, 15) is 9.59 Å². The van der Waals surface area contributed by atoms with Crippen LogP contribution in [0.1, 0.15) is 40.0 Å². The molecule has 0 aromatic heterocycles. The maximum absolute atomic E-state index is 10.2. The van der Waals surface area contributed by atoms with E-state index in [2.05, 4.69) is 13.5 Å². The zero-order chi connectivity index (χ0) is 12.3. The highest BCUT2D eigenvalue weighted by molar-refractivity contribution is 5.84. The highest BCUT2D eigenvalue weighted by Crippen LogP contribution is 1.93. The van der Waals surface area contributed by atoms with Crippen molar-refractivity contribution < 1.29 is 24.1 Å². The molecule has 0 aromatic rings. The van der Waals surface area contributed by atoms with Gasteiger partial charge in [0.25, 0.3) is 0 Å². The summed E-state index contributed by atoms with van der Waals surface area (Å²) >= 11 is 0. The minimum atomic E-state index is -0.935. The van der Waals surface area contributed by atoms with E-state index in [1.807, 2.05) is 0 Å². The van der Waals surface area contributed by atoms with Crippen molar-refractivity contribution in [1.29, 1.82) is 0 Å². The zero-order valence-electron chi connectivity index (χ0n) is 10.1. The van der Waals surface area contributed by atoms with Gasteiger partial charge in [0.05, 0.1) is 6.61 Å². The van der Waals surface area contributed by atoms with Crippen LogP contribution in [0.15, 0.2) is 12.2 Å². The molecular formula is C11H21FO4. The van der Waals surface area contributed by atoms with Crippen LogP contribution in [0.2, 0.25) is 0 Å². The molecule has 0 atom stereocenters. The first-order valence-electron chi connectivity index (χ1n) is 4.94. The van der Waals surface area contributed by atoms with E-state index in [1.54, 1.807) is 0 Å². The number of halogens is 1. The van der Waals surface area contributed by atoms with E-state index in [0.29, 0.717) is 6.61 Å². The molecule has 0 aliphatic heterocycles. The molecule has 0 saturated carbocycles. The van der Waals surface area contributed by atoms with Gasteiger partial charge in [-0.15, -0.1) is 0 Å². The van der Waals surface area contributed by atoms with Gasteiger partial charge in [-0.3, -0.25) is 9.50 Å². The second-order valence-electron chi connectivity index (χ2n) is 3.13. The first kappa shape index (κ1) is 20.1. The van der Waals surface area contributed by atoms with Crippen molar-refractivity contribution in [3.63, 3.8) is 0 Å². The van der Waals surface area contributed by atoms with Crippen molar-refractivity contribution in [2.75, 3.05) is 6.61 Å². The number of carbonyl (C=O) groups is 2. The Morgan fingerprint density at radius 1 is 1.25 bits per heavy atom. The summed E-state index contributed by atoms with van der Waals surface area (Å²) in [6.07, 6.45) is 3.31. The molecule has 0 rings (SSSR count). The molecule has 0 fully saturated rings. The Morgan fingerprint density at radius 3 is 1.94 bits per heavy atom. The summed E-state index contributed by atoms with van der Waals surface area (Å²) in [5, 5.41) is 7.89. The Morgan fingerprint density at radius 2 is 1.69 bits per heavy atom. The topological polar surface area (TPSA) is 63.6 Å². The van der Waals surface area contributed by atoms with Gasteiger partial charge in [-0.05, 0) is 13.3 Å². The van der Waals surface area contributed by atoms with Gasteiger partial charge in [0, 0.05) is 12.5 Å². The third-order valence-electron chi connectivity index (χ3n) is 1.42. The fraction of sp³-hybridized carbons (Fsp3) is 0.636. The van der Waals surface area contributed by atoms with Crippen LogP contribution in [0.3, 0.4) is 0 Å². The Kier molecular flexibility index (Phi) is 17.1. The van der Waals surface area contributed by atoms with Crippen molar-refractivity contribution in [1.82, 2.24) is 0 Å². The minimum Gasteiger partial charge on any atom is -0.478 e. The fourth-order valence-corrected chi connectivity index (χ4v) is 0.568. The number of carboxylic acid groups (broad SMARTS) is 1. The fourth-order valence-electron chi connectivity index (χ4n) is 0.568. The number of esters is 1. The van der Waals surface area contributed by atoms with Crippen LogP contribution in [0, 0.1) is 0 Å². The molecule has 0 amide bonds. The zero-order valence-corrected chi connectivity index (χ0v) is 10.1. The lowest BCUT2D eigenvalue weighted by atomic mass is 10.3. The molecule has 0 heterocycles. The molecule has 1 N–H and O–H groups in total. The Hall–Kier alpha value is -1.39. The number of ether oxygens (including phenoxy) is 1. The summed E-state index contributed by atoms with van der Waals surface area (Å²) in [5.74, 6) is -1.11. The van der Waals surface area contributed by atoms with Gasteiger partial charge < -0.3 is 9.84 Å². The van der Waals surface area contributed by atoms with E-state index < -0.39 is 5.97 Å². The summed E-state index contributed by atoms with van der Waals surface area (Å²) in [6, 6.07) is 0. The standard InChI is InChI=1S/C7H14O2.C4H6O2.FH/c1-3-4-5-6-9-7(2)8;1-3(2)4(5)6;/h3-6H2,1-2H3;1H2,2H3,(H,5,6);1H. The normalized spacial score (nSPS) is 7.94.